The predicted molar refractivity (Wildman–Crippen MR) is 134 cm³/mol. The maximum absolute atomic E-state index is 11.2. The third kappa shape index (κ3) is 13.0. The van der Waals surface area contributed by atoms with Gasteiger partial charge in [-0.3, -0.25) is 9.28 Å². The van der Waals surface area contributed by atoms with E-state index in [-0.39, 0.29) is 5.91 Å². The van der Waals surface area contributed by atoms with E-state index in [1.165, 1.54) is 96.3 Å². The molecule has 1 amide bonds. The maximum atomic E-state index is 11.2. The average Bonchev–Trinajstić information content (AvgIpc) is 3.16. The molecular weight excluding hydrogens is 382 g/mol. The molecule has 0 aliphatic carbocycles. The van der Waals surface area contributed by atoms with Crippen LogP contribution >= 0.6 is 0 Å². The minimum Gasteiger partial charge on any atom is -0.351 e. The second-order valence-electron chi connectivity index (χ2n) is 9.32. The van der Waals surface area contributed by atoms with Crippen molar-refractivity contribution in [1.29, 1.82) is 0 Å². The molecule has 2 unspecified atom stereocenters. The Hall–Kier alpha value is -1.29. The second-order valence-corrected chi connectivity index (χ2v) is 9.32. The smallest absolute Gasteiger partial charge is 0.217 e. The number of rotatable bonds is 20. The lowest BCUT2D eigenvalue weighted by Crippen LogP contribution is -2.55. The number of likely N-dealkylation sites (N-methyl/N-ethyl adjacent to an activating group) is 1. The van der Waals surface area contributed by atoms with Crippen LogP contribution in [0.3, 0.4) is 0 Å². The van der Waals surface area contributed by atoms with Gasteiger partial charge in [-0.2, -0.15) is 0 Å². The van der Waals surface area contributed by atoms with Crippen LogP contribution in [0.4, 0.5) is 0 Å². The van der Waals surface area contributed by atoms with Gasteiger partial charge in [-0.25, -0.2) is 0 Å². The minimum atomic E-state index is 0.0670. The van der Waals surface area contributed by atoms with Crippen LogP contribution in [0.2, 0.25) is 0 Å². The quantitative estimate of drug-likeness (QED) is 0.126. The summed E-state index contributed by atoms with van der Waals surface area (Å²) in [4.78, 5) is 11.2. The van der Waals surface area contributed by atoms with E-state index in [4.69, 9.17) is 0 Å². The lowest BCUT2D eigenvalue weighted by molar-refractivity contribution is -0.898. The Kier molecular flexibility index (Phi) is 16.4. The fourth-order valence-corrected chi connectivity index (χ4v) is 4.70. The van der Waals surface area contributed by atoms with Gasteiger partial charge in [0.25, 0.3) is 0 Å². The largest absolute Gasteiger partial charge is 0.351 e. The van der Waals surface area contributed by atoms with E-state index in [2.05, 4.69) is 49.0 Å². The highest BCUT2D eigenvalue weighted by molar-refractivity contribution is 5.72. The van der Waals surface area contributed by atoms with Gasteiger partial charge in [0.1, 0.15) is 12.7 Å². The van der Waals surface area contributed by atoms with Gasteiger partial charge in [0.05, 0.1) is 19.3 Å². The fourth-order valence-electron chi connectivity index (χ4n) is 4.70. The molecule has 0 fully saturated rings. The van der Waals surface area contributed by atoms with E-state index in [1.807, 2.05) is 0 Å². The molecule has 180 valence electrons. The number of quaternary nitrogens is 1. The molecule has 31 heavy (non-hydrogen) atoms. The molecule has 2 N–H and O–H groups in total. The van der Waals surface area contributed by atoms with E-state index in [0.29, 0.717) is 6.17 Å². The highest BCUT2D eigenvalue weighted by Gasteiger charge is 2.36. The number of allylic oxidation sites excluding steroid dienone is 2. The molecule has 4 heteroatoms. The van der Waals surface area contributed by atoms with Crippen molar-refractivity contribution >= 4 is 5.91 Å². The van der Waals surface area contributed by atoms with Gasteiger partial charge in [0.15, 0.2) is 6.17 Å². The molecule has 1 aliphatic rings. The predicted octanol–water partition coefficient (Wildman–Crippen LogP) is 6.79. The number of carbonyl (C=O) groups is 1. The van der Waals surface area contributed by atoms with Gasteiger partial charge in [0.2, 0.25) is 5.91 Å². The zero-order chi connectivity index (χ0) is 22.6. The number of amides is 1. The Morgan fingerprint density at radius 1 is 0.903 bits per heavy atom. The zero-order valence-corrected chi connectivity index (χ0v) is 21.0. The first-order chi connectivity index (χ1) is 15.1. The van der Waals surface area contributed by atoms with E-state index in [0.717, 1.165) is 24.1 Å². The number of unbranched alkanes of at least 4 members (excludes halogenated alkanes) is 12. The van der Waals surface area contributed by atoms with Crippen molar-refractivity contribution in [3.8, 4) is 0 Å². The van der Waals surface area contributed by atoms with Crippen LogP contribution in [0.15, 0.2) is 24.6 Å². The fraction of sp³-hybridized carbons (Fsp3) is 0.815. The van der Waals surface area contributed by atoms with Crippen molar-refractivity contribution < 1.29 is 9.28 Å². The van der Waals surface area contributed by atoms with E-state index in [1.54, 1.807) is 6.92 Å². The third-order valence-electron chi connectivity index (χ3n) is 6.77. The van der Waals surface area contributed by atoms with Crippen LogP contribution in [-0.2, 0) is 4.79 Å². The van der Waals surface area contributed by atoms with Crippen LogP contribution in [0.25, 0.3) is 0 Å². The lowest BCUT2D eigenvalue weighted by atomic mass is 10.0. The molecule has 0 aromatic rings. The van der Waals surface area contributed by atoms with Crippen molar-refractivity contribution in [3.63, 3.8) is 0 Å². The molecule has 0 saturated carbocycles. The molecule has 0 saturated heterocycles. The van der Waals surface area contributed by atoms with Gasteiger partial charge < -0.3 is 10.6 Å². The number of carbonyl (C=O) groups excluding carboxylic acids is 1. The molecule has 2 atom stereocenters. The van der Waals surface area contributed by atoms with E-state index < -0.39 is 0 Å². The van der Waals surface area contributed by atoms with Crippen molar-refractivity contribution in [3.05, 3.63) is 24.6 Å². The monoisotopic (exact) mass is 434 g/mol. The summed E-state index contributed by atoms with van der Waals surface area (Å²) in [5.41, 5.74) is 0. The van der Waals surface area contributed by atoms with Gasteiger partial charge in [0, 0.05) is 13.3 Å². The van der Waals surface area contributed by atoms with Crippen molar-refractivity contribution in [2.45, 2.75) is 123 Å². The summed E-state index contributed by atoms with van der Waals surface area (Å²) in [6.07, 6.45) is 29.9. The summed E-state index contributed by atoms with van der Waals surface area (Å²) in [5, 5.41) is 6.52. The minimum absolute atomic E-state index is 0.0670. The standard InChI is InChI=1S/C27H51N3O/c1-4-6-7-8-9-10-11-12-13-14-15-16-17-18-19-20-21-27-29-23-25-30(27,5-2)24-22-28-26(3)31/h6-7,23,25,27,29H,4-5,8-22,24H2,1-3H3/p+1/b7-6+. The highest BCUT2D eigenvalue weighted by atomic mass is 16.1. The number of hydrogen-bond donors (Lipinski definition) is 2. The van der Waals surface area contributed by atoms with Gasteiger partial charge >= 0.3 is 0 Å². The third-order valence-corrected chi connectivity index (χ3v) is 6.77. The number of nitrogens with zero attached hydrogens (tertiary/aromatic N) is 1. The number of hydrogen-bond acceptors (Lipinski definition) is 2. The maximum Gasteiger partial charge on any atom is 0.217 e. The van der Waals surface area contributed by atoms with Crippen LogP contribution in [0, 0.1) is 0 Å². The molecule has 0 aromatic heterocycles. The molecular formula is C27H52N3O+. The molecule has 0 radical (unpaired) electrons. The Labute approximate surface area is 193 Å². The molecule has 1 aliphatic heterocycles. The van der Waals surface area contributed by atoms with E-state index >= 15 is 0 Å². The van der Waals surface area contributed by atoms with Gasteiger partial charge in [-0.15, -0.1) is 0 Å². The van der Waals surface area contributed by atoms with Crippen molar-refractivity contribution in [2.24, 2.45) is 0 Å². The normalized spacial score (nSPS) is 20.4. The Balaban J connectivity index is 1.95. The number of nitrogens with one attached hydrogen (secondary N) is 2. The van der Waals surface area contributed by atoms with Crippen LogP contribution < -0.4 is 10.6 Å². The summed E-state index contributed by atoms with van der Waals surface area (Å²) in [7, 11) is 0. The summed E-state index contributed by atoms with van der Waals surface area (Å²) < 4.78 is 0.954. The first-order valence-corrected chi connectivity index (χ1v) is 13.3. The molecule has 1 rings (SSSR count). The zero-order valence-electron chi connectivity index (χ0n) is 21.0. The second kappa shape index (κ2) is 18.3. The summed E-state index contributed by atoms with van der Waals surface area (Å²) in [5.74, 6) is 0.0670. The molecule has 1 heterocycles. The molecule has 0 aromatic carbocycles. The Morgan fingerprint density at radius 3 is 2.03 bits per heavy atom. The van der Waals surface area contributed by atoms with Gasteiger partial charge in [-0.1, -0.05) is 83.3 Å². The van der Waals surface area contributed by atoms with Crippen LogP contribution in [-0.4, -0.2) is 36.2 Å². The SMILES string of the molecule is CC/C=C/CCCCCCCCCCCCCCC1NC=C[N+]1(CC)CCNC(C)=O. The molecule has 0 spiro atoms. The first-order valence-electron chi connectivity index (χ1n) is 13.3. The first kappa shape index (κ1) is 27.7. The molecule has 0 bridgehead atoms. The van der Waals surface area contributed by atoms with Crippen molar-refractivity contribution in [2.75, 3.05) is 19.6 Å². The Bertz CT molecular complexity index is 503. The summed E-state index contributed by atoms with van der Waals surface area (Å²) in [6.45, 7) is 8.85. The van der Waals surface area contributed by atoms with Crippen LogP contribution in [0.1, 0.15) is 117 Å². The average molecular weight is 435 g/mol. The summed E-state index contributed by atoms with van der Waals surface area (Å²) in [6, 6.07) is 0. The molecule has 4 nitrogen and oxygen atoms in total. The van der Waals surface area contributed by atoms with E-state index in [9.17, 15) is 4.79 Å². The van der Waals surface area contributed by atoms with Crippen LogP contribution in [0.5, 0.6) is 0 Å². The van der Waals surface area contributed by atoms with Crippen molar-refractivity contribution in [1.82, 2.24) is 10.6 Å². The Morgan fingerprint density at radius 2 is 1.48 bits per heavy atom. The van der Waals surface area contributed by atoms with Gasteiger partial charge in [-0.05, 0) is 32.6 Å². The lowest BCUT2D eigenvalue weighted by Gasteiger charge is -2.37. The topological polar surface area (TPSA) is 41.1 Å². The summed E-state index contributed by atoms with van der Waals surface area (Å²) >= 11 is 0. The highest BCUT2D eigenvalue weighted by Crippen LogP contribution is 2.23.